The maximum atomic E-state index is 14.2. The highest BCUT2D eigenvalue weighted by molar-refractivity contribution is 7.13. The number of halogens is 1. The number of nitrogens with zero attached hydrogens (tertiary/aromatic N) is 2. The van der Waals surface area contributed by atoms with E-state index in [0.717, 1.165) is 6.07 Å². The molecule has 0 aliphatic carbocycles. The second-order valence-corrected chi connectivity index (χ2v) is 5.87. The van der Waals surface area contributed by atoms with Crippen LogP contribution >= 0.6 is 11.3 Å². The molecular weight excluding hydrogens is 321 g/mol. The number of carbonyl (C=O) groups excluding carboxylic acids is 2. The minimum absolute atomic E-state index is 0.108. The molecule has 1 aromatic heterocycles. The summed E-state index contributed by atoms with van der Waals surface area (Å²) in [4.78, 5) is 29.1. The van der Waals surface area contributed by atoms with Crippen molar-refractivity contribution in [2.24, 2.45) is 0 Å². The SMILES string of the molecule is CC[C@H]1CN(c2ccc(C(=O)Nc3nccs3)c(F)c2)C(=O)O1. The second-order valence-electron chi connectivity index (χ2n) is 4.98. The van der Waals surface area contributed by atoms with Gasteiger partial charge in [-0.25, -0.2) is 14.2 Å². The van der Waals surface area contributed by atoms with Crippen molar-refractivity contribution in [2.45, 2.75) is 19.4 Å². The van der Waals surface area contributed by atoms with E-state index in [1.165, 1.54) is 28.4 Å². The number of cyclic esters (lactones) is 1. The monoisotopic (exact) mass is 335 g/mol. The molecule has 0 spiro atoms. The summed E-state index contributed by atoms with van der Waals surface area (Å²) in [7, 11) is 0. The van der Waals surface area contributed by atoms with Gasteiger partial charge in [-0.05, 0) is 24.6 Å². The Kier molecular flexibility index (Phi) is 4.24. The first kappa shape index (κ1) is 15.4. The van der Waals surface area contributed by atoms with E-state index in [2.05, 4.69) is 10.3 Å². The molecule has 1 N–H and O–H groups in total. The van der Waals surface area contributed by atoms with Gasteiger partial charge in [-0.2, -0.15) is 0 Å². The maximum absolute atomic E-state index is 14.2. The minimum Gasteiger partial charge on any atom is -0.444 e. The molecule has 1 saturated heterocycles. The average molecular weight is 335 g/mol. The predicted molar refractivity (Wildman–Crippen MR) is 84.4 cm³/mol. The number of rotatable bonds is 4. The van der Waals surface area contributed by atoms with Crippen molar-refractivity contribution in [1.29, 1.82) is 0 Å². The van der Waals surface area contributed by atoms with E-state index in [4.69, 9.17) is 4.74 Å². The van der Waals surface area contributed by atoms with E-state index < -0.39 is 17.8 Å². The molecule has 0 unspecified atom stereocenters. The third-order valence-corrected chi connectivity index (χ3v) is 4.18. The Bertz CT molecular complexity index is 736. The number of aromatic nitrogens is 1. The zero-order valence-corrected chi connectivity index (χ0v) is 13.1. The van der Waals surface area contributed by atoms with Crippen LogP contribution in [0.5, 0.6) is 0 Å². The molecule has 8 heteroatoms. The number of nitrogens with one attached hydrogen (secondary N) is 1. The van der Waals surface area contributed by atoms with Gasteiger partial charge in [0.2, 0.25) is 0 Å². The van der Waals surface area contributed by atoms with E-state index in [9.17, 15) is 14.0 Å². The maximum Gasteiger partial charge on any atom is 0.414 e. The molecule has 1 fully saturated rings. The van der Waals surface area contributed by atoms with Crippen LogP contribution in [0.15, 0.2) is 29.8 Å². The van der Waals surface area contributed by atoms with Gasteiger partial charge in [0.25, 0.3) is 5.91 Å². The molecule has 23 heavy (non-hydrogen) atoms. The number of carbonyl (C=O) groups is 2. The van der Waals surface area contributed by atoms with Gasteiger partial charge in [-0.1, -0.05) is 6.92 Å². The topological polar surface area (TPSA) is 71.5 Å². The Morgan fingerprint density at radius 3 is 3.00 bits per heavy atom. The highest BCUT2D eigenvalue weighted by Gasteiger charge is 2.31. The lowest BCUT2D eigenvalue weighted by Crippen LogP contribution is -2.25. The normalized spacial score (nSPS) is 17.2. The van der Waals surface area contributed by atoms with Crippen LogP contribution in [-0.2, 0) is 4.74 Å². The van der Waals surface area contributed by atoms with Gasteiger partial charge in [0.1, 0.15) is 11.9 Å². The summed E-state index contributed by atoms with van der Waals surface area (Å²) in [6.45, 7) is 2.29. The molecule has 0 bridgehead atoms. The quantitative estimate of drug-likeness (QED) is 0.931. The zero-order valence-electron chi connectivity index (χ0n) is 12.3. The first-order valence-corrected chi connectivity index (χ1v) is 7.95. The number of benzene rings is 1. The highest BCUT2D eigenvalue weighted by Crippen LogP contribution is 2.25. The number of ether oxygens (including phenoxy) is 1. The molecule has 0 radical (unpaired) electrons. The van der Waals surface area contributed by atoms with Crippen molar-refractivity contribution in [3.63, 3.8) is 0 Å². The highest BCUT2D eigenvalue weighted by atomic mass is 32.1. The molecule has 1 aromatic carbocycles. The molecule has 1 aliphatic rings. The molecule has 2 heterocycles. The lowest BCUT2D eigenvalue weighted by atomic mass is 10.1. The van der Waals surface area contributed by atoms with Gasteiger partial charge in [-0.3, -0.25) is 15.0 Å². The van der Waals surface area contributed by atoms with Crippen LogP contribution in [0.3, 0.4) is 0 Å². The zero-order chi connectivity index (χ0) is 16.4. The van der Waals surface area contributed by atoms with Gasteiger partial charge in [-0.15, -0.1) is 11.3 Å². The van der Waals surface area contributed by atoms with Gasteiger partial charge in [0.15, 0.2) is 5.13 Å². The van der Waals surface area contributed by atoms with Crippen molar-refractivity contribution in [3.8, 4) is 0 Å². The molecule has 0 saturated carbocycles. The third kappa shape index (κ3) is 3.16. The summed E-state index contributed by atoms with van der Waals surface area (Å²) < 4.78 is 19.4. The molecule has 120 valence electrons. The number of hydrogen-bond donors (Lipinski definition) is 1. The first-order chi connectivity index (χ1) is 11.1. The summed E-state index contributed by atoms with van der Waals surface area (Å²) in [5.74, 6) is -1.29. The molecule has 2 aromatic rings. The second kappa shape index (κ2) is 6.33. The van der Waals surface area contributed by atoms with Crippen LogP contribution in [0.2, 0.25) is 0 Å². The Labute approximate surface area is 135 Å². The Hall–Kier alpha value is -2.48. The summed E-state index contributed by atoms with van der Waals surface area (Å²) in [5.41, 5.74) is 0.262. The fourth-order valence-corrected chi connectivity index (χ4v) is 2.77. The number of thiazole rings is 1. The van der Waals surface area contributed by atoms with Crippen LogP contribution in [0.4, 0.5) is 20.0 Å². The van der Waals surface area contributed by atoms with Crippen molar-refractivity contribution >= 4 is 34.2 Å². The Morgan fingerprint density at radius 1 is 1.57 bits per heavy atom. The average Bonchev–Trinajstić information content (AvgIpc) is 3.16. The third-order valence-electron chi connectivity index (χ3n) is 3.49. The number of amides is 2. The fourth-order valence-electron chi connectivity index (χ4n) is 2.25. The Balaban J connectivity index is 1.78. The molecule has 1 aliphatic heterocycles. The lowest BCUT2D eigenvalue weighted by Gasteiger charge is -2.14. The Morgan fingerprint density at radius 2 is 2.39 bits per heavy atom. The van der Waals surface area contributed by atoms with Crippen LogP contribution < -0.4 is 10.2 Å². The van der Waals surface area contributed by atoms with Crippen LogP contribution in [0, 0.1) is 5.82 Å². The van der Waals surface area contributed by atoms with E-state index in [0.29, 0.717) is 23.8 Å². The van der Waals surface area contributed by atoms with Crippen LogP contribution in [0.1, 0.15) is 23.7 Å². The van der Waals surface area contributed by atoms with E-state index in [1.807, 2.05) is 6.92 Å². The number of hydrogen-bond acceptors (Lipinski definition) is 5. The smallest absolute Gasteiger partial charge is 0.414 e. The van der Waals surface area contributed by atoms with Gasteiger partial charge >= 0.3 is 6.09 Å². The molecular formula is C15H14FN3O3S. The van der Waals surface area contributed by atoms with Crippen molar-refractivity contribution in [1.82, 2.24) is 4.98 Å². The minimum atomic E-state index is -0.704. The van der Waals surface area contributed by atoms with Crippen molar-refractivity contribution < 1.29 is 18.7 Å². The van der Waals surface area contributed by atoms with E-state index in [1.54, 1.807) is 11.6 Å². The summed E-state index contributed by atoms with van der Waals surface area (Å²) in [6, 6.07) is 4.04. The van der Waals surface area contributed by atoms with Crippen molar-refractivity contribution in [3.05, 3.63) is 41.2 Å². The molecule has 6 nitrogen and oxygen atoms in total. The number of anilines is 2. The van der Waals surface area contributed by atoms with Crippen LogP contribution in [0.25, 0.3) is 0 Å². The van der Waals surface area contributed by atoms with E-state index >= 15 is 0 Å². The molecule has 2 amide bonds. The summed E-state index contributed by atoms with van der Waals surface area (Å²) >= 11 is 1.24. The standard InChI is InChI=1S/C15H14FN3O3S/c1-2-10-8-19(15(21)22-10)9-3-4-11(12(16)7-9)13(20)18-14-17-5-6-23-14/h3-7,10H,2,8H2,1H3,(H,17,18,20)/t10-/m0/s1. The van der Waals surface area contributed by atoms with Crippen LogP contribution in [-0.4, -0.2) is 29.6 Å². The molecule has 1 atom stereocenters. The van der Waals surface area contributed by atoms with E-state index in [-0.39, 0.29) is 11.7 Å². The summed E-state index contributed by atoms with van der Waals surface area (Å²) in [5, 5.41) is 4.62. The predicted octanol–water partition coefficient (Wildman–Crippen LogP) is 3.27. The fraction of sp³-hybridized carbons (Fsp3) is 0.267. The van der Waals surface area contributed by atoms with Crippen molar-refractivity contribution in [2.75, 3.05) is 16.8 Å². The first-order valence-electron chi connectivity index (χ1n) is 7.07. The van der Waals surface area contributed by atoms with Gasteiger partial charge in [0.05, 0.1) is 17.8 Å². The van der Waals surface area contributed by atoms with Gasteiger partial charge in [0, 0.05) is 11.6 Å². The largest absolute Gasteiger partial charge is 0.444 e. The summed E-state index contributed by atoms with van der Waals surface area (Å²) in [6.07, 6.45) is 1.54. The lowest BCUT2D eigenvalue weighted by molar-refractivity contribution is 0.102. The van der Waals surface area contributed by atoms with Gasteiger partial charge < -0.3 is 4.74 Å². The molecule has 3 rings (SSSR count).